The maximum absolute atomic E-state index is 6.16. The van der Waals surface area contributed by atoms with E-state index in [0.29, 0.717) is 10.3 Å². The second kappa shape index (κ2) is 4.83. The number of H-pyrrole nitrogens is 1. The first-order chi connectivity index (χ1) is 9.16. The minimum Gasteiger partial charge on any atom is -0.356 e. The molecular weight excluding hydrogens is 281 g/mol. The van der Waals surface area contributed by atoms with Gasteiger partial charge in [-0.05, 0) is 24.5 Å². The SMILES string of the molecule is Cc1[nH]c2c(Cl)nnc(Cl)c2c1Cc1ccccc1. The Labute approximate surface area is 120 Å². The van der Waals surface area contributed by atoms with Crippen molar-refractivity contribution in [1.29, 1.82) is 0 Å². The van der Waals surface area contributed by atoms with E-state index in [2.05, 4.69) is 27.3 Å². The number of aryl methyl sites for hydroxylation is 1. The first-order valence-corrected chi connectivity index (χ1v) is 6.65. The van der Waals surface area contributed by atoms with Crippen LogP contribution in [0, 0.1) is 6.92 Å². The lowest BCUT2D eigenvalue weighted by molar-refractivity contribution is 1.05. The number of aromatic nitrogens is 3. The number of benzene rings is 1. The van der Waals surface area contributed by atoms with Gasteiger partial charge in [0.2, 0.25) is 0 Å². The molecule has 1 N–H and O–H groups in total. The minimum absolute atomic E-state index is 0.349. The van der Waals surface area contributed by atoms with Gasteiger partial charge in [0, 0.05) is 11.1 Å². The van der Waals surface area contributed by atoms with Crippen LogP contribution >= 0.6 is 23.2 Å². The molecule has 0 aliphatic rings. The number of fused-ring (bicyclic) bond motifs is 1. The van der Waals surface area contributed by atoms with Crippen LogP contribution in [-0.2, 0) is 6.42 Å². The first kappa shape index (κ1) is 12.5. The lowest BCUT2D eigenvalue weighted by atomic mass is 10.0. The molecule has 2 aromatic heterocycles. The average molecular weight is 292 g/mol. The van der Waals surface area contributed by atoms with Crippen LogP contribution in [-0.4, -0.2) is 15.2 Å². The van der Waals surface area contributed by atoms with Gasteiger partial charge in [-0.2, -0.15) is 0 Å². The Morgan fingerprint density at radius 3 is 2.47 bits per heavy atom. The normalized spacial score (nSPS) is 11.1. The Bertz CT molecular complexity index is 735. The summed E-state index contributed by atoms with van der Waals surface area (Å²) in [6.45, 7) is 2.00. The van der Waals surface area contributed by atoms with Crippen molar-refractivity contribution < 1.29 is 0 Å². The van der Waals surface area contributed by atoms with E-state index in [1.807, 2.05) is 25.1 Å². The largest absolute Gasteiger partial charge is 0.356 e. The summed E-state index contributed by atoms with van der Waals surface area (Å²) in [5.74, 6) is 0. The van der Waals surface area contributed by atoms with Crippen LogP contribution in [0.2, 0.25) is 10.3 Å². The highest BCUT2D eigenvalue weighted by Crippen LogP contribution is 2.32. The fraction of sp³-hybridized carbons (Fsp3) is 0.143. The van der Waals surface area contributed by atoms with Gasteiger partial charge in [-0.15, -0.1) is 10.2 Å². The third-order valence-corrected chi connectivity index (χ3v) is 3.71. The smallest absolute Gasteiger partial charge is 0.175 e. The van der Waals surface area contributed by atoms with Crippen molar-refractivity contribution >= 4 is 34.1 Å². The van der Waals surface area contributed by atoms with E-state index in [1.165, 1.54) is 5.56 Å². The fourth-order valence-corrected chi connectivity index (χ4v) is 2.68. The highest BCUT2D eigenvalue weighted by Gasteiger charge is 2.16. The van der Waals surface area contributed by atoms with E-state index < -0.39 is 0 Å². The zero-order valence-electron chi connectivity index (χ0n) is 10.2. The average Bonchev–Trinajstić information content (AvgIpc) is 2.74. The molecule has 0 aliphatic carbocycles. The molecule has 3 nitrogen and oxygen atoms in total. The summed E-state index contributed by atoms with van der Waals surface area (Å²) in [5, 5.41) is 9.30. The van der Waals surface area contributed by atoms with Crippen molar-refractivity contribution in [3.8, 4) is 0 Å². The number of aromatic amines is 1. The second-order valence-electron chi connectivity index (χ2n) is 4.42. The van der Waals surface area contributed by atoms with E-state index in [-0.39, 0.29) is 0 Å². The van der Waals surface area contributed by atoms with Gasteiger partial charge in [0.25, 0.3) is 0 Å². The predicted octanol–water partition coefficient (Wildman–Crippen LogP) is 4.16. The summed E-state index contributed by atoms with van der Waals surface area (Å²) in [6.07, 6.45) is 0.786. The van der Waals surface area contributed by atoms with Gasteiger partial charge in [0.15, 0.2) is 10.3 Å². The highest BCUT2D eigenvalue weighted by molar-refractivity contribution is 6.38. The Kier molecular flexibility index (Phi) is 3.17. The van der Waals surface area contributed by atoms with Crippen LogP contribution < -0.4 is 0 Å². The van der Waals surface area contributed by atoms with E-state index in [1.54, 1.807) is 0 Å². The summed E-state index contributed by atoms with van der Waals surface area (Å²) in [5.41, 5.74) is 4.13. The molecule has 5 heteroatoms. The zero-order valence-corrected chi connectivity index (χ0v) is 11.8. The van der Waals surface area contributed by atoms with Crippen molar-refractivity contribution in [2.45, 2.75) is 13.3 Å². The Balaban J connectivity index is 2.18. The molecule has 0 unspecified atom stereocenters. The van der Waals surface area contributed by atoms with Gasteiger partial charge < -0.3 is 4.98 Å². The topological polar surface area (TPSA) is 41.6 Å². The summed E-state index contributed by atoms with van der Waals surface area (Å²) in [6, 6.07) is 10.2. The lowest BCUT2D eigenvalue weighted by Crippen LogP contribution is -1.91. The molecule has 0 bridgehead atoms. The quantitative estimate of drug-likeness (QED) is 0.770. The number of rotatable bonds is 2. The molecule has 0 aliphatic heterocycles. The monoisotopic (exact) mass is 291 g/mol. The molecular formula is C14H11Cl2N3. The lowest BCUT2D eigenvalue weighted by Gasteiger charge is -2.03. The first-order valence-electron chi connectivity index (χ1n) is 5.89. The van der Waals surface area contributed by atoms with Gasteiger partial charge >= 0.3 is 0 Å². The van der Waals surface area contributed by atoms with Crippen molar-refractivity contribution in [1.82, 2.24) is 15.2 Å². The zero-order chi connectivity index (χ0) is 13.4. The number of hydrogen-bond donors (Lipinski definition) is 1. The fourth-order valence-electron chi connectivity index (χ4n) is 2.25. The summed E-state index contributed by atoms with van der Waals surface area (Å²) >= 11 is 12.2. The van der Waals surface area contributed by atoms with Gasteiger partial charge in [-0.3, -0.25) is 0 Å². The maximum Gasteiger partial charge on any atom is 0.175 e. The minimum atomic E-state index is 0.349. The number of halogens is 2. The summed E-state index contributed by atoms with van der Waals surface area (Å²) in [4.78, 5) is 3.24. The van der Waals surface area contributed by atoms with Crippen molar-refractivity contribution in [3.63, 3.8) is 0 Å². The summed E-state index contributed by atoms with van der Waals surface area (Å²) < 4.78 is 0. The maximum atomic E-state index is 6.16. The van der Waals surface area contributed by atoms with Crippen LogP contribution in [0.4, 0.5) is 0 Å². The van der Waals surface area contributed by atoms with E-state index in [4.69, 9.17) is 23.2 Å². The van der Waals surface area contributed by atoms with Gasteiger partial charge in [0.1, 0.15) is 0 Å². The molecule has 1 aromatic carbocycles. The Hall–Kier alpha value is -1.58. The molecule has 0 saturated carbocycles. The Morgan fingerprint density at radius 1 is 1.05 bits per heavy atom. The van der Waals surface area contributed by atoms with Crippen LogP contribution in [0.25, 0.3) is 10.9 Å². The van der Waals surface area contributed by atoms with Gasteiger partial charge in [0.05, 0.1) is 5.52 Å². The number of hydrogen-bond acceptors (Lipinski definition) is 2. The van der Waals surface area contributed by atoms with Gasteiger partial charge in [-0.1, -0.05) is 53.5 Å². The van der Waals surface area contributed by atoms with Crippen LogP contribution in [0.15, 0.2) is 30.3 Å². The molecule has 0 spiro atoms. The predicted molar refractivity (Wildman–Crippen MR) is 77.9 cm³/mol. The van der Waals surface area contributed by atoms with E-state index >= 15 is 0 Å². The third-order valence-electron chi connectivity index (χ3n) is 3.18. The molecule has 0 radical (unpaired) electrons. The van der Waals surface area contributed by atoms with Crippen molar-refractivity contribution in [3.05, 3.63) is 57.5 Å². The molecule has 0 atom stereocenters. The highest BCUT2D eigenvalue weighted by atomic mass is 35.5. The van der Waals surface area contributed by atoms with E-state index in [9.17, 15) is 0 Å². The van der Waals surface area contributed by atoms with Crippen LogP contribution in [0.1, 0.15) is 16.8 Å². The molecule has 19 heavy (non-hydrogen) atoms. The molecule has 0 amide bonds. The number of nitrogens with zero attached hydrogens (tertiary/aromatic N) is 2. The molecule has 3 aromatic rings. The molecule has 3 rings (SSSR count). The molecule has 0 fully saturated rings. The Morgan fingerprint density at radius 2 is 1.74 bits per heavy atom. The van der Waals surface area contributed by atoms with Crippen LogP contribution in [0.5, 0.6) is 0 Å². The van der Waals surface area contributed by atoms with Crippen LogP contribution in [0.3, 0.4) is 0 Å². The number of nitrogens with one attached hydrogen (secondary N) is 1. The second-order valence-corrected chi connectivity index (χ2v) is 5.14. The molecule has 0 saturated heterocycles. The molecule has 96 valence electrons. The third kappa shape index (κ3) is 2.20. The van der Waals surface area contributed by atoms with Gasteiger partial charge in [-0.25, -0.2) is 0 Å². The van der Waals surface area contributed by atoms with Crippen molar-refractivity contribution in [2.24, 2.45) is 0 Å². The standard InChI is InChI=1S/C14H11Cl2N3/c1-8-10(7-9-5-3-2-4-6-9)11-12(17-8)14(16)19-18-13(11)15/h2-6,17H,7H2,1H3. The van der Waals surface area contributed by atoms with Crippen molar-refractivity contribution in [2.75, 3.05) is 0 Å². The molecule has 2 heterocycles. The van der Waals surface area contributed by atoms with E-state index in [0.717, 1.165) is 28.6 Å². The summed E-state index contributed by atoms with van der Waals surface area (Å²) in [7, 11) is 0.